The number of amides is 1. The second-order valence-electron chi connectivity index (χ2n) is 9.64. The van der Waals surface area contributed by atoms with Crippen molar-refractivity contribution in [3.05, 3.63) is 72.8 Å². The Hall–Kier alpha value is -3.20. The second kappa shape index (κ2) is 15.9. The number of unbranched alkanes of at least 4 members (excludes halogenated alkanes) is 2. The first-order valence-electron chi connectivity index (χ1n) is 13.8. The molecule has 0 saturated carbocycles. The van der Waals surface area contributed by atoms with Crippen LogP contribution in [0.4, 0.5) is 0 Å². The lowest BCUT2D eigenvalue weighted by Crippen LogP contribution is -2.32. The number of allylic oxidation sites excluding steroid dienone is 1. The summed E-state index contributed by atoms with van der Waals surface area (Å²) >= 11 is 0. The molecule has 2 N–H and O–H groups in total. The van der Waals surface area contributed by atoms with E-state index in [0.717, 1.165) is 75.7 Å². The smallest absolute Gasteiger partial charge is 0.243 e. The third-order valence-corrected chi connectivity index (χ3v) is 6.58. The van der Waals surface area contributed by atoms with Crippen molar-refractivity contribution in [2.24, 2.45) is 0 Å². The van der Waals surface area contributed by atoms with Gasteiger partial charge in [-0.1, -0.05) is 42.5 Å². The van der Waals surface area contributed by atoms with Crippen molar-refractivity contribution in [1.82, 2.24) is 20.3 Å². The van der Waals surface area contributed by atoms with Gasteiger partial charge < -0.3 is 19.4 Å². The van der Waals surface area contributed by atoms with Gasteiger partial charge >= 0.3 is 0 Å². The van der Waals surface area contributed by atoms with E-state index in [2.05, 4.69) is 44.6 Å². The molecule has 3 aromatic rings. The zero-order valence-corrected chi connectivity index (χ0v) is 22.1. The first kappa shape index (κ1) is 27.8. The number of nitrogens with one attached hydrogen (secondary N) is 2. The average molecular weight is 521 g/mol. The molecule has 0 radical (unpaired) electrons. The van der Waals surface area contributed by atoms with Crippen LogP contribution in [0.5, 0.6) is 5.75 Å². The molecule has 1 saturated heterocycles. The van der Waals surface area contributed by atoms with Crippen LogP contribution in [0.25, 0.3) is 10.8 Å². The normalized spacial score (nSPS) is 16.0. The van der Waals surface area contributed by atoms with Gasteiger partial charge in [0, 0.05) is 50.3 Å². The van der Waals surface area contributed by atoms with Gasteiger partial charge in [-0.2, -0.15) is 0 Å². The highest BCUT2D eigenvalue weighted by Gasteiger charge is 2.15. The van der Waals surface area contributed by atoms with E-state index in [0.29, 0.717) is 19.6 Å². The summed E-state index contributed by atoms with van der Waals surface area (Å²) in [5.41, 5.74) is 3.75. The largest absolute Gasteiger partial charge is 0.489 e. The predicted molar refractivity (Wildman–Crippen MR) is 149 cm³/mol. The number of hydroxylamine groups is 1. The maximum atomic E-state index is 12.1. The lowest BCUT2D eigenvalue weighted by molar-refractivity contribution is -0.200. The standard InChI is InChI=1S/C30H40N4O4/c35-29(33-38-30-16-6-7-21-36-30)15-3-1-2-10-25(22-31-17-9-19-34-20-18-32-24-34)23-37-28-14-8-12-26-11-4-5-13-27(26)28/h4-5,8,10-14,18,20,24,30-31H,1-3,6-7,9,15-17,19,21-23H2,(H,33,35)/b25-10-. The summed E-state index contributed by atoms with van der Waals surface area (Å²) in [6.45, 7) is 3.84. The van der Waals surface area contributed by atoms with Gasteiger partial charge in [-0.15, -0.1) is 0 Å². The highest BCUT2D eigenvalue weighted by atomic mass is 16.8. The predicted octanol–water partition coefficient (Wildman–Crippen LogP) is 5.16. The molecule has 0 spiro atoms. The minimum Gasteiger partial charge on any atom is -0.489 e. The fourth-order valence-electron chi connectivity index (χ4n) is 4.45. The second-order valence-corrected chi connectivity index (χ2v) is 9.64. The van der Waals surface area contributed by atoms with Gasteiger partial charge in [0.1, 0.15) is 12.4 Å². The van der Waals surface area contributed by atoms with Gasteiger partial charge in [-0.25, -0.2) is 15.3 Å². The van der Waals surface area contributed by atoms with E-state index in [1.54, 1.807) is 6.20 Å². The molecule has 1 amide bonds. The highest BCUT2D eigenvalue weighted by Crippen LogP contribution is 2.25. The number of aryl methyl sites for hydroxylation is 1. The number of aromatic nitrogens is 2. The fourth-order valence-corrected chi connectivity index (χ4v) is 4.45. The Morgan fingerprint density at radius 2 is 2.05 bits per heavy atom. The van der Waals surface area contributed by atoms with Crippen LogP contribution in [0.2, 0.25) is 0 Å². The van der Waals surface area contributed by atoms with Crippen LogP contribution >= 0.6 is 0 Å². The summed E-state index contributed by atoms with van der Waals surface area (Å²) in [6.07, 6.45) is 14.6. The molecule has 8 nitrogen and oxygen atoms in total. The lowest BCUT2D eigenvalue weighted by atomic mass is 10.1. The van der Waals surface area contributed by atoms with E-state index < -0.39 is 0 Å². The van der Waals surface area contributed by atoms with Gasteiger partial charge in [-0.05, 0) is 62.1 Å². The van der Waals surface area contributed by atoms with Crippen LogP contribution in [-0.4, -0.2) is 48.1 Å². The molecule has 204 valence electrons. The number of benzene rings is 2. The van der Waals surface area contributed by atoms with Crippen molar-refractivity contribution >= 4 is 16.7 Å². The molecule has 38 heavy (non-hydrogen) atoms. The van der Waals surface area contributed by atoms with Gasteiger partial charge in [0.05, 0.1) is 6.33 Å². The number of rotatable bonds is 16. The summed E-state index contributed by atoms with van der Waals surface area (Å²) in [5.74, 6) is 0.801. The first-order valence-corrected chi connectivity index (χ1v) is 13.8. The van der Waals surface area contributed by atoms with E-state index in [4.69, 9.17) is 14.3 Å². The van der Waals surface area contributed by atoms with E-state index >= 15 is 0 Å². The van der Waals surface area contributed by atoms with Gasteiger partial charge in [-0.3, -0.25) is 4.79 Å². The van der Waals surface area contributed by atoms with Crippen LogP contribution in [0.1, 0.15) is 51.4 Å². The number of fused-ring (bicyclic) bond motifs is 1. The van der Waals surface area contributed by atoms with Crippen LogP contribution in [-0.2, 0) is 20.9 Å². The molecule has 2 heterocycles. The maximum absolute atomic E-state index is 12.1. The molecule has 8 heteroatoms. The Kier molecular flexibility index (Phi) is 11.7. The zero-order chi connectivity index (χ0) is 26.3. The quantitative estimate of drug-likeness (QED) is 0.154. The van der Waals surface area contributed by atoms with E-state index in [9.17, 15) is 4.79 Å². The SMILES string of the molecule is O=C(CCCC/C=C(/CNCCCn1ccnc1)COc1cccc2ccccc12)NOC1CCCCO1. The van der Waals surface area contributed by atoms with Crippen molar-refractivity contribution in [1.29, 1.82) is 0 Å². The summed E-state index contributed by atoms with van der Waals surface area (Å²) in [6, 6.07) is 14.4. The molecular formula is C30H40N4O4. The molecule has 0 bridgehead atoms. The van der Waals surface area contributed by atoms with Crippen molar-refractivity contribution in [3.8, 4) is 5.75 Å². The van der Waals surface area contributed by atoms with E-state index in [1.165, 1.54) is 11.0 Å². The minimum atomic E-state index is -0.313. The molecule has 2 aromatic carbocycles. The molecular weight excluding hydrogens is 480 g/mol. The number of carbonyl (C=O) groups excluding carboxylic acids is 1. The average Bonchev–Trinajstić information content (AvgIpc) is 3.48. The van der Waals surface area contributed by atoms with Crippen molar-refractivity contribution < 1.29 is 19.1 Å². The van der Waals surface area contributed by atoms with Gasteiger partial charge in [0.25, 0.3) is 0 Å². The molecule has 1 fully saturated rings. The number of nitrogens with zero attached hydrogens (tertiary/aromatic N) is 2. The number of imidazole rings is 1. The minimum absolute atomic E-state index is 0.0952. The first-order chi connectivity index (χ1) is 18.8. The summed E-state index contributed by atoms with van der Waals surface area (Å²) in [7, 11) is 0. The van der Waals surface area contributed by atoms with Gasteiger partial charge in [0.15, 0.2) is 6.29 Å². The molecule has 1 aliphatic heterocycles. The van der Waals surface area contributed by atoms with Crippen LogP contribution in [0.15, 0.2) is 72.8 Å². The molecule has 1 aliphatic rings. The zero-order valence-electron chi connectivity index (χ0n) is 22.1. The number of hydrogen-bond donors (Lipinski definition) is 2. The molecule has 1 atom stereocenters. The Bertz CT molecular complexity index is 1120. The van der Waals surface area contributed by atoms with Crippen LogP contribution in [0.3, 0.4) is 0 Å². The van der Waals surface area contributed by atoms with Gasteiger partial charge in [0.2, 0.25) is 5.91 Å². The Morgan fingerprint density at radius 3 is 2.92 bits per heavy atom. The molecule has 0 aliphatic carbocycles. The number of ether oxygens (including phenoxy) is 2. The third kappa shape index (κ3) is 9.59. The van der Waals surface area contributed by atoms with Crippen LogP contribution < -0.4 is 15.5 Å². The number of hydrogen-bond acceptors (Lipinski definition) is 6. The van der Waals surface area contributed by atoms with E-state index in [-0.39, 0.29) is 12.2 Å². The monoisotopic (exact) mass is 520 g/mol. The highest BCUT2D eigenvalue weighted by molar-refractivity contribution is 5.88. The van der Waals surface area contributed by atoms with Crippen molar-refractivity contribution in [2.45, 2.75) is 64.2 Å². The maximum Gasteiger partial charge on any atom is 0.243 e. The van der Waals surface area contributed by atoms with Crippen molar-refractivity contribution in [2.75, 3.05) is 26.3 Å². The Labute approximate surface area is 225 Å². The fraction of sp³-hybridized carbons (Fsp3) is 0.467. The lowest BCUT2D eigenvalue weighted by Gasteiger charge is -2.22. The van der Waals surface area contributed by atoms with E-state index in [1.807, 2.05) is 36.8 Å². The third-order valence-electron chi connectivity index (χ3n) is 6.58. The Morgan fingerprint density at radius 1 is 1.13 bits per heavy atom. The summed E-state index contributed by atoms with van der Waals surface area (Å²) < 4.78 is 13.8. The Balaban J connectivity index is 1.21. The molecule has 1 aromatic heterocycles. The number of carbonyl (C=O) groups is 1. The topological polar surface area (TPSA) is 86.6 Å². The summed E-state index contributed by atoms with van der Waals surface area (Å²) in [5, 5.41) is 5.85. The van der Waals surface area contributed by atoms with Crippen molar-refractivity contribution in [3.63, 3.8) is 0 Å². The molecule has 1 unspecified atom stereocenters. The summed E-state index contributed by atoms with van der Waals surface area (Å²) in [4.78, 5) is 21.6. The van der Waals surface area contributed by atoms with Crippen LogP contribution in [0, 0.1) is 0 Å². The molecule has 4 rings (SSSR count).